The summed E-state index contributed by atoms with van der Waals surface area (Å²) in [5.74, 6) is 0. The fourth-order valence-electron chi connectivity index (χ4n) is 8.48. The molecular formula is C54H35N3. The summed E-state index contributed by atoms with van der Waals surface area (Å²) in [5.41, 5.74) is 4.55. The number of nitrogens with zero attached hydrogens (tertiary/aromatic N) is 3. The first-order valence-electron chi connectivity index (χ1n) is 25.1. The maximum Gasteiger partial charge on any atom is 0.0782 e. The van der Waals surface area contributed by atoms with E-state index in [0.29, 0.717) is 16.7 Å². The van der Waals surface area contributed by atoms with Crippen LogP contribution < -0.4 is 0 Å². The molecule has 0 aliphatic carbocycles. The molecule has 3 heteroatoms. The number of benzene rings is 9. The molecule has 0 aliphatic rings. The van der Waals surface area contributed by atoms with Crippen molar-refractivity contribution < 1.29 is 17.8 Å². The van der Waals surface area contributed by atoms with Gasteiger partial charge in [-0.05, 0) is 82.9 Å². The second kappa shape index (κ2) is 12.5. The highest BCUT2D eigenvalue weighted by molar-refractivity contribution is 6.16. The zero-order chi connectivity index (χ0) is 48.8. The number of rotatable bonds is 5. The average molecular weight is 739 g/mol. The smallest absolute Gasteiger partial charge is 0.0782 e. The summed E-state index contributed by atoms with van der Waals surface area (Å²) in [4.78, 5) is 0. The molecule has 3 heterocycles. The first kappa shape index (κ1) is 21.5. The van der Waals surface area contributed by atoms with Gasteiger partial charge in [-0.2, -0.15) is 0 Å². The molecule has 266 valence electrons. The molecule has 0 amide bonds. The largest absolute Gasteiger partial charge is 0.309 e. The highest BCUT2D eigenvalue weighted by Gasteiger charge is 2.21. The maximum atomic E-state index is 9.93. The molecule has 0 fully saturated rings. The molecule has 0 radical (unpaired) electrons. The number of aromatic nitrogens is 3. The maximum absolute atomic E-state index is 9.93. The summed E-state index contributed by atoms with van der Waals surface area (Å²) in [6, 6.07) is 35.6. The summed E-state index contributed by atoms with van der Waals surface area (Å²) in [6.45, 7) is 0. The van der Waals surface area contributed by atoms with E-state index in [4.69, 9.17) is 9.60 Å². The van der Waals surface area contributed by atoms with Crippen LogP contribution in [0.15, 0.2) is 212 Å². The van der Waals surface area contributed by atoms with Gasteiger partial charge in [0.15, 0.2) is 0 Å². The number of hydrogen-bond acceptors (Lipinski definition) is 0. The fraction of sp³-hybridized carbons (Fsp3) is 0. The Labute approximate surface area is 347 Å². The lowest BCUT2D eigenvalue weighted by molar-refractivity contribution is 1.13. The van der Waals surface area contributed by atoms with Crippen LogP contribution in [0.5, 0.6) is 0 Å². The van der Waals surface area contributed by atoms with Crippen LogP contribution in [0.3, 0.4) is 0 Å². The van der Waals surface area contributed by atoms with Gasteiger partial charge in [-0.15, -0.1) is 0 Å². The lowest BCUT2D eigenvalue weighted by Crippen LogP contribution is -2.01. The van der Waals surface area contributed by atoms with E-state index in [-0.39, 0.29) is 5.69 Å². The van der Waals surface area contributed by atoms with Crippen molar-refractivity contribution >= 4 is 65.4 Å². The summed E-state index contributed by atoms with van der Waals surface area (Å²) >= 11 is 0. The minimum Gasteiger partial charge on any atom is -0.309 e. The van der Waals surface area contributed by atoms with Gasteiger partial charge in [0.2, 0.25) is 0 Å². The Morgan fingerprint density at radius 2 is 0.807 bits per heavy atom. The van der Waals surface area contributed by atoms with E-state index in [2.05, 4.69) is 57.7 Å². The van der Waals surface area contributed by atoms with Gasteiger partial charge < -0.3 is 13.7 Å². The lowest BCUT2D eigenvalue weighted by atomic mass is 10.00. The van der Waals surface area contributed by atoms with E-state index in [0.717, 1.165) is 60.1 Å². The van der Waals surface area contributed by atoms with Crippen LogP contribution in [0.2, 0.25) is 0 Å². The van der Waals surface area contributed by atoms with Gasteiger partial charge in [-0.1, -0.05) is 151 Å². The van der Waals surface area contributed by atoms with Crippen molar-refractivity contribution in [2.45, 2.75) is 0 Å². The monoisotopic (exact) mass is 738 g/mol. The summed E-state index contributed by atoms with van der Waals surface area (Å²) < 4.78 is 122. The molecule has 0 saturated heterocycles. The van der Waals surface area contributed by atoms with E-state index in [1.54, 1.807) is 4.57 Å². The molecule has 0 spiro atoms. The Morgan fingerprint density at radius 1 is 0.316 bits per heavy atom. The number of fused-ring (bicyclic) bond motifs is 9. The molecule has 0 N–H and O–H groups in total. The highest BCUT2D eigenvalue weighted by atomic mass is 15.1. The molecule has 0 unspecified atom stereocenters. The molecule has 3 nitrogen and oxygen atoms in total. The van der Waals surface area contributed by atoms with Crippen LogP contribution in [0.1, 0.15) is 17.8 Å². The van der Waals surface area contributed by atoms with Gasteiger partial charge >= 0.3 is 0 Å². The van der Waals surface area contributed by atoms with E-state index < -0.39 is 101 Å². The molecule has 0 saturated carbocycles. The van der Waals surface area contributed by atoms with Crippen molar-refractivity contribution in [3.05, 3.63) is 212 Å². The predicted octanol–water partition coefficient (Wildman–Crippen LogP) is 14.3. The summed E-state index contributed by atoms with van der Waals surface area (Å²) in [6.07, 6.45) is 0. The molecule has 12 aromatic rings. The van der Waals surface area contributed by atoms with Crippen LogP contribution in [0.4, 0.5) is 0 Å². The highest BCUT2D eigenvalue weighted by Crippen LogP contribution is 2.41. The Hall–Kier alpha value is -7.62. The van der Waals surface area contributed by atoms with Crippen molar-refractivity contribution in [1.82, 2.24) is 13.7 Å². The van der Waals surface area contributed by atoms with Crippen LogP contribution >= 0.6 is 0 Å². The molecule has 0 bridgehead atoms. The van der Waals surface area contributed by atoms with Gasteiger partial charge in [0.1, 0.15) is 0 Å². The summed E-state index contributed by atoms with van der Waals surface area (Å²) in [7, 11) is 0. The van der Waals surface area contributed by atoms with Crippen molar-refractivity contribution in [2.24, 2.45) is 0 Å². The SMILES string of the molecule is [2H]c1c([2H])c([2H])c(-c2c([2H])c([2H])c(-c3c([2H])c([2H])c([2H])c(-n4c5ccccc5c5cccc(-n6c7ccccc7c7cc(-n8c9ccccc9c9ccccc98)ccc76)c54)c3[2H])c([2H])c2[2H])c([2H])c1[2H]. The van der Waals surface area contributed by atoms with Gasteiger partial charge in [0.25, 0.3) is 0 Å². The molecular weight excluding hydrogens is 691 g/mol. The Morgan fingerprint density at radius 3 is 1.47 bits per heavy atom. The molecule has 0 atom stereocenters. The lowest BCUT2D eigenvalue weighted by Gasteiger charge is -2.15. The third-order valence-corrected chi connectivity index (χ3v) is 10.9. The third-order valence-electron chi connectivity index (χ3n) is 10.9. The second-order valence-electron chi connectivity index (χ2n) is 13.9. The topological polar surface area (TPSA) is 14.8 Å². The Bertz CT molecular complexity index is 4190. The quantitative estimate of drug-likeness (QED) is 0.167. The minimum atomic E-state index is -0.761. The zero-order valence-corrected chi connectivity index (χ0v) is 30.0. The average Bonchev–Trinajstić information content (AvgIpc) is 4.02. The second-order valence-corrected chi connectivity index (χ2v) is 13.9. The fourth-order valence-corrected chi connectivity index (χ4v) is 8.48. The first-order valence-corrected chi connectivity index (χ1v) is 18.6. The van der Waals surface area contributed by atoms with Crippen LogP contribution in [-0.2, 0) is 0 Å². The summed E-state index contributed by atoms with van der Waals surface area (Å²) in [5, 5.41) is 5.76. The zero-order valence-electron chi connectivity index (χ0n) is 43.0. The standard InChI is InChI=1S/C54H35N3/c1-2-14-36(15-3-1)37-28-30-38(31-29-37)39-16-12-17-40(34-39)56-50-25-10-6-20-44(50)46-22-13-27-53(54(46)56)57-51-26-11-7-21-45(51)47-35-41(32-33-52(47)57)55-48-23-8-4-18-42(48)43-19-5-9-24-49(43)55/h1-35H/i1D,2D,3D,12D,14D,15D,16D,17D,28D,29D,30D,31D,34D. The van der Waals surface area contributed by atoms with E-state index in [1.807, 2.05) is 84.9 Å². The first-order chi connectivity index (χ1) is 33.7. The van der Waals surface area contributed by atoms with E-state index in [9.17, 15) is 8.22 Å². The molecule has 12 rings (SSSR count). The molecule has 9 aromatic carbocycles. The Balaban J connectivity index is 1.14. The van der Waals surface area contributed by atoms with Gasteiger partial charge in [-0.25, -0.2) is 0 Å². The van der Waals surface area contributed by atoms with Crippen LogP contribution in [0, 0.1) is 0 Å². The van der Waals surface area contributed by atoms with Crippen LogP contribution in [-0.4, -0.2) is 13.7 Å². The molecule has 0 aliphatic heterocycles. The van der Waals surface area contributed by atoms with Gasteiger partial charge in [-0.3, -0.25) is 0 Å². The minimum absolute atomic E-state index is 0.129. The van der Waals surface area contributed by atoms with E-state index in [1.165, 1.54) is 0 Å². The van der Waals surface area contributed by atoms with Crippen LogP contribution in [0.25, 0.3) is 105 Å². The molecule has 3 aromatic heterocycles. The predicted molar refractivity (Wildman–Crippen MR) is 240 cm³/mol. The number of hydrogen-bond donors (Lipinski definition) is 0. The normalized spacial score (nSPS) is 15.1. The van der Waals surface area contributed by atoms with Crippen molar-refractivity contribution in [2.75, 3.05) is 0 Å². The Kier molecular flexibility index (Phi) is 4.69. The van der Waals surface area contributed by atoms with E-state index >= 15 is 0 Å². The number of para-hydroxylation sites is 5. The van der Waals surface area contributed by atoms with Crippen molar-refractivity contribution in [3.63, 3.8) is 0 Å². The van der Waals surface area contributed by atoms with Gasteiger partial charge in [0.05, 0.1) is 56.6 Å². The van der Waals surface area contributed by atoms with Crippen molar-refractivity contribution in [1.29, 1.82) is 0 Å². The van der Waals surface area contributed by atoms with Gasteiger partial charge in [0, 0.05) is 43.7 Å². The van der Waals surface area contributed by atoms with Crippen molar-refractivity contribution in [3.8, 4) is 39.3 Å². The third kappa shape index (κ3) is 4.79. The molecule has 57 heavy (non-hydrogen) atoms.